The van der Waals surface area contributed by atoms with Crippen molar-refractivity contribution in [3.8, 4) is 11.3 Å². The molecule has 2 aromatic rings. The molecular formula is C15H17NO4. The lowest BCUT2D eigenvalue weighted by Crippen LogP contribution is -2.25. The molecule has 2 rings (SSSR count). The lowest BCUT2D eigenvalue weighted by atomic mass is 9.93. The van der Waals surface area contributed by atoms with Gasteiger partial charge in [-0.25, -0.2) is 4.79 Å². The Morgan fingerprint density at radius 3 is 2.70 bits per heavy atom. The Morgan fingerprint density at radius 2 is 2.10 bits per heavy atom. The van der Waals surface area contributed by atoms with E-state index in [1.807, 2.05) is 38.1 Å². The maximum absolute atomic E-state index is 10.9. The van der Waals surface area contributed by atoms with Gasteiger partial charge in [-0.2, -0.15) is 0 Å². The van der Waals surface area contributed by atoms with Gasteiger partial charge in [0, 0.05) is 25.2 Å². The summed E-state index contributed by atoms with van der Waals surface area (Å²) in [5.74, 6) is -0.653. The smallest absolute Gasteiger partial charge is 0.358 e. The van der Waals surface area contributed by atoms with Gasteiger partial charge < -0.3 is 14.4 Å². The summed E-state index contributed by atoms with van der Waals surface area (Å²) >= 11 is 0. The Kier molecular flexibility index (Phi) is 3.90. The Labute approximate surface area is 117 Å². The van der Waals surface area contributed by atoms with E-state index in [0.717, 1.165) is 11.1 Å². The van der Waals surface area contributed by atoms with Crippen LogP contribution in [0.3, 0.4) is 0 Å². The fraction of sp³-hybridized carbons (Fsp3) is 0.333. The van der Waals surface area contributed by atoms with Gasteiger partial charge >= 0.3 is 5.97 Å². The molecule has 0 unspecified atom stereocenters. The number of carbonyl (C=O) groups is 1. The number of aromatic nitrogens is 1. The molecule has 5 nitrogen and oxygen atoms in total. The molecule has 0 aliphatic heterocycles. The van der Waals surface area contributed by atoms with E-state index in [2.05, 4.69) is 5.16 Å². The van der Waals surface area contributed by atoms with Crippen LogP contribution in [0.5, 0.6) is 0 Å². The van der Waals surface area contributed by atoms with Crippen LogP contribution in [0.25, 0.3) is 11.3 Å². The fourth-order valence-electron chi connectivity index (χ4n) is 1.95. The van der Waals surface area contributed by atoms with Crippen LogP contribution in [-0.4, -0.2) is 28.9 Å². The lowest BCUT2D eigenvalue weighted by Gasteiger charge is -2.23. The van der Waals surface area contributed by atoms with Crippen molar-refractivity contribution in [1.82, 2.24) is 5.16 Å². The van der Waals surface area contributed by atoms with Crippen molar-refractivity contribution < 1.29 is 19.2 Å². The minimum atomic E-state index is -1.10. The van der Waals surface area contributed by atoms with Gasteiger partial charge in [0.15, 0.2) is 11.5 Å². The quantitative estimate of drug-likeness (QED) is 0.908. The fourth-order valence-corrected chi connectivity index (χ4v) is 1.95. The molecule has 0 aliphatic rings. The van der Waals surface area contributed by atoms with Gasteiger partial charge in [0.2, 0.25) is 0 Å². The number of nitrogens with zero attached hydrogens (tertiary/aromatic N) is 1. The van der Waals surface area contributed by atoms with Crippen LogP contribution in [0, 0.1) is 0 Å². The number of ether oxygens (including phenoxy) is 1. The Hall–Kier alpha value is -2.14. The molecule has 20 heavy (non-hydrogen) atoms. The second kappa shape index (κ2) is 5.46. The zero-order valence-corrected chi connectivity index (χ0v) is 11.7. The van der Waals surface area contributed by atoms with E-state index in [4.69, 9.17) is 14.4 Å². The molecule has 0 amide bonds. The first-order valence-electron chi connectivity index (χ1n) is 6.26. The van der Waals surface area contributed by atoms with Crippen LogP contribution in [0.4, 0.5) is 0 Å². The number of carboxylic acids is 1. The van der Waals surface area contributed by atoms with E-state index in [1.165, 1.54) is 6.07 Å². The average Bonchev–Trinajstić information content (AvgIpc) is 2.88. The van der Waals surface area contributed by atoms with E-state index >= 15 is 0 Å². The van der Waals surface area contributed by atoms with Crippen LogP contribution in [0.15, 0.2) is 34.9 Å². The minimum Gasteiger partial charge on any atom is -0.476 e. The highest BCUT2D eigenvalue weighted by molar-refractivity contribution is 5.86. The average molecular weight is 275 g/mol. The second-order valence-electron chi connectivity index (χ2n) is 5.18. The normalized spacial score (nSPS) is 11.6. The SMILES string of the molecule is COC(C)(C)Cc1ccccc1-c1cc(C(=O)O)no1. The van der Waals surface area contributed by atoms with Gasteiger partial charge in [0.25, 0.3) is 0 Å². The first-order valence-corrected chi connectivity index (χ1v) is 6.26. The molecule has 1 aromatic carbocycles. The molecule has 0 aliphatic carbocycles. The third-order valence-corrected chi connectivity index (χ3v) is 3.18. The summed E-state index contributed by atoms with van der Waals surface area (Å²) in [6.45, 7) is 3.99. The maximum Gasteiger partial charge on any atom is 0.358 e. The number of rotatable bonds is 5. The van der Waals surface area contributed by atoms with E-state index < -0.39 is 5.97 Å². The second-order valence-corrected chi connectivity index (χ2v) is 5.18. The van der Waals surface area contributed by atoms with Crippen molar-refractivity contribution in [2.75, 3.05) is 7.11 Å². The predicted molar refractivity (Wildman–Crippen MR) is 73.7 cm³/mol. The molecule has 5 heteroatoms. The van der Waals surface area contributed by atoms with E-state index in [0.29, 0.717) is 12.2 Å². The van der Waals surface area contributed by atoms with E-state index in [1.54, 1.807) is 7.11 Å². The van der Waals surface area contributed by atoms with Gasteiger partial charge in [0.1, 0.15) is 0 Å². The molecule has 0 atom stereocenters. The van der Waals surface area contributed by atoms with E-state index in [9.17, 15) is 4.79 Å². The van der Waals surface area contributed by atoms with Gasteiger partial charge in [-0.1, -0.05) is 29.4 Å². The zero-order valence-electron chi connectivity index (χ0n) is 11.7. The summed E-state index contributed by atoms with van der Waals surface area (Å²) < 4.78 is 10.6. The van der Waals surface area contributed by atoms with E-state index in [-0.39, 0.29) is 11.3 Å². The first-order chi connectivity index (χ1) is 9.43. The number of aromatic carboxylic acids is 1. The van der Waals surface area contributed by atoms with Gasteiger partial charge in [-0.05, 0) is 19.4 Å². The largest absolute Gasteiger partial charge is 0.476 e. The molecule has 0 bridgehead atoms. The summed E-state index contributed by atoms with van der Waals surface area (Å²) in [4.78, 5) is 10.9. The molecule has 1 aromatic heterocycles. The molecule has 106 valence electrons. The first kappa shape index (κ1) is 14.3. The lowest BCUT2D eigenvalue weighted by molar-refractivity contribution is 0.0233. The number of methoxy groups -OCH3 is 1. The van der Waals surface area contributed by atoms with Crippen molar-refractivity contribution in [2.45, 2.75) is 25.9 Å². The molecule has 1 N–H and O–H groups in total. The summed E-state index contributed by atoms with van der Waals surface area (Å²) in [7, 11) is 1.67. The number of hydrogen-bond acceptors (Lipinski definition) is 4. The Balaban J connectivity index is 2.38. The Morgan fingerprint density at radius 1 is 1.40 bits per heavy atom. The predicted octanol–water partition coefficient (Wildman–Crippen LogP) is 3.01. The zero-order chi connectivity index (χ0) is 14.8. The van der Waals surface area contributed by atoms with Crippen molar-refractivity contribution in [1.29, 1.82) is 0 Å². The van der Waals surface area contributed by atoms with Crippen LogP contribution >= 0.6 is 0 Å². The van der Waals surface area contributed by atoms with Gasteiger partial charge in [-0.15, -0.1) is 0 Å². The summed E-state index contributed by atoms with van der Waals surface area (Å²) in [6.07, 6.45) is 0.683. The summed E-state index contributed by atoms with van der Waals surface area (Å²) in [5, 5.41) is 12.4. The summed E-state index contributed by atoms with van der Waals surface area (Å²) in [6, 6.07) is 9.09. The van der Waals surface area contributed by atoms with Crippen LogP contribution in [0.2, 0.25) is 0 Å². The number of benzene rings is 1. The monoisotopic (exact) mass is 275 g/mol. The minimum absolute atomic E-state index is 0.0965. The van der Waals surface area contributed by atoms with Crippen molar-refractivity contribution >= 4 is 5.97 Å². The number of carboxylic acid groups (broad SMARTS) is 1. The molecule has 0 saturated carbocycles. The van der Waals surface area contributed by atoms with Crippen molar-refractivity contribution in [3.05, 3.63) is 41.6 Å². The highest BCUT2D eigenvalue weighted by Gasteiger charge is 2.21. The summed E-state index contributed by atoms with van der Waals surface area (Å²) in [5.41, 5.74) is 1.44. The molecule has 1 heterocycles. The van der Waals surface area contributed by atoms with Gasteiger partial charge in [0.05, 0.1) is 5.60 Å². The van der Waals surface area contributed by atoms with Crippen molar-refractivity contribution in [2.24, 2.45) is 0 Å². The highest BCUT2D eigenvalue weighted by Crippen LogP contribution is 2.28. The molecule has 0 fully saturated rings. The van der Waals surface area contributed by atoms with Crippen LogP contribution in [-0.2, 0) is 11.2 Å². The standard InChI is InChI=1S/C15H17NO4/c1-15(2,19-3)9-10-6-4-5-7-11(10)13-8-12(14(17)18)16-20-13/h4-8H,9H2,1-3H3,(H,17,18). The van der Waals surface area contributed by atoms with Gasteiger partial charge in [-0.3, -0.25) is 0 Å². The third-order valence-electron chi connectivity index (χ3n) is 3.18. The van der Waals surface area contributed by atoms with Crippen LogP contribution < -0.4 is 0 Å². The topological polar surface area (TPSA) is 72.6 Å². The number of hydrogen-bond donors (Lipinski definition) is 1. The molecular weight excluding hydrogens is 258 g/mol. The molecule has 0 spiro atoms. The van der Waals surface area contributed by atoms with Crippen molar-refractivity contribution in [3.63, 3.8) is 0 Å². The maximum atomic E-state index is 10.9. The van der Waals surface area contributed by atoms with Crippen LogP contribution in [0.1, 0.15) is 29.9 Å². The highest BCUT2D eigenvalue weighted by atomic mass is 16.5. The molecule has 0 saturated heterocycles. The third kappa shape index (κ3) is 3.05. The molecule has 0 radical (unpaired) electrons. The Bertz CT molecular complexity index is 616.